The molecule has 32 heavy (non-hydrogen) atoms. The highest BCUT2D eigenvalue weighted by molar-refractivity contribution is 5.93. The van der Waals surface area contributed by atoms with Crippen molar-refractivity contribution in [1.29, 1.82) is 5.26 Å². The predicted molar refractivity (Wildman–Crippen MR) is 125 cm³/mol. The average molecular weight is 436 g/mol. The summed E-state index contributed by atoms with van der Waals surface area (Å²) in [5, 5.41) is 15.7. The zero-order valence-electron chi connectivity index (χ0n) is 19.4. The quantitative estimate of drug-likeness (QED) is 0.699. The summed E-state index contributed by atoms with van der Waals surface area (Å²) in [6.45, 7) is 10.1. The van der Waals surface area contributed by atoms with Crippen molar-refractivity contribution in [3.8, 4) is 6.07 Å². The minimum Gasteiger partial charge on any atom is -0.354 e. The van der Waals surface area contributed by atoms with Gasteiger partial charge < -0.3 is 15.2 Å². The minimum atomic E-state index is -0.140. The second-order valence-corrected chi connectivity index (χ2v) is 8.88. The van der Waals surface area contributed by atoms with Crippen LogP contribution in [0.4, 0.5) is 5.82 Å². The van der Waals surface area contributed by atoms with Crippen LogP contribution in [0.15, 0.2) is 30.3 Å². The molecule has 170 valence electrons. The average Bonchev–Trinajstić information content (AvgIpc) is 2.98. The van der Waals surface area contributed by atoms with Crippen LogP contribution in [0.3, 0.4) is 0 Å². The SMILES string of the molecule is Cc1c(C#N)c(NC(=O)CN2CCC(C(=O)NC(C)C)CC2)n(Cc2ccccc2)c1C. The molecule has 2 amide bonds. The van der Waals surface area contributed by atoms with Gasteiger partial charge in [0.1, 0.15) is 11.9 Å². The van der Waals surface area contributed by atoms with Crippen LogP contribution in [-0.2, 0) is 16.1 Å². The summed E-state index contributed by atoms with van der Waals surface area (Å²) in [5.41, 5.74) is 3.47. The van der Waals surface area contributed by atoms with Crippen molar-refractivity contribution in [2.45, 2.75) is 53.1 Å². The molecule has 2 aromatic rings. The fourth-order valence-electron chi connectivity index (χ4n) is 4.22. The highest BCUT2D eigenvalue weighted by Crippen LogP contribution is 2.27. The van der Waals surface area contributed by atoms with E-state index in [1.807, 2.05) is 62.6 Å². The number of piperidine rings is 1. The summed E-state index contributed by atoms with van der Waals surface area (Å²) in [5.74, 6) is 0.531. The van der Waals surface area contributed by atoms with Gasteiger partial charge in [-0.1, -0.05) is 30.3 Å². The maximum Gasteiger partial charge on any atom is 0.239 e. The van der Waals surface area contributed by atoms with Gasteiger partial charge in [-0.3, -0.25) is 14.5 Å². The zero-order chi connectivity index (χ0) is 23.3. The summed E-state index contributed by atoms with van der Waals surface area (Å²) in [4.78, 5) is 27.2. The molecule has 0 atom stereocenters. The number of amides is 2. The van der Waals surface area contributed by atoms with E-state index in [1.54, 1.807) is 0 Å². The normalized spacial score (nSPS) is 14.9. The first-order chi connectivity index (χ1) is 15.3. The third-order valence-electron chi connectivity index (χ3n) is 6.14. The molecule has 1 aromatic heterocycles. The second kappa shape index (κ2) is 10.5. The maximum absolute atomic E-state index is 12.9. The van der Waals surface area contributed by atoms with Crippen LogP contribution < -0.4 is 10.6 Å². The Bertz CT molecular complexity index is 996. The fourth-order valence-corrected chi connectivity index (χ4v) is 4.22. The topological polar surface area (TPSA) is 90.2 Å². The molecule has 2 heterocycles. The molecule has 7 nitrogen and oxygen atoms in total. The van der Waals surface area contributed by atoms with Crippen LogP contribution in [0.2, 0.25) is 0 Å². The molecule has 0 saturated carbocycles. The van der Waals surface area contributed by atoms with Gasteiger partial charge in [-0.25, -0.2) is 0 Å². The highest BCUT2D eigenvalue weighted by atomic mass is 16.2. The summed E-state index contributed by atoms with van der Waals surface area (Å²) in [6.07, 6.45) is 1.50. The molecule has 0 spiro atoms. The van der Waals surface area contributed by atoms with E-state index < -0.39 is 0 Å². The van der Waals surface area contributed by atoms with Crippen LogP contribution in [0, 0.1) is 31.1 Å². The minimum absolute atomic E-state index is 0.00954. The molecular formula is C25H33N5O2. The molecule has 1 aromatic carbocycles. The molecule has 2 N–H and O–H groups in total. The van der Waals surface area contributed by atoms with Gasteiger partial charge in [-0.2, -0.15) is 5.26 Å². The lowest BCUT2D eigenvalue weighted by Gasteiger charge is -2.31. The first-order valence-corrected chi connectivity index (χ1v) is 11.3. The third kappa shape index (κ3) is 5.57. The Balaban J connectivity index is 1.66. The molecule has 0 aliphatic carbocycles. The van der Waals surface area contributed by atoms with Crippen molar-refractivity contribution < 1.29 is 9.59 Å². The van der Waals surface area contributed by atoms with E-state index in [-0.39, 0.29) is 30.3 Å². The van der Waals surface area contributed by atoms with E-state index in [9.17, 15) is 14.9 Å². The Morgan fingerprint density at radius 1 is 1.16 bits per heavy atom. The number of anilines is 1. The molecule has 3 rings (SSSR count). The van der Waals surface area contributed by atoms with Crippen LogP contribution >= 0.6 is 0 Å². The number of carbonyl (C=O) groups excluding carboxylic acids is 2. The smallest absolute Gasteiger partial charge is 0.239 e. The van der Waals surface area contributed by atoms with Gasteiger partial charge in [-0.15, -0.1) is 0 Å². The number of carbonyl (C=O) groups is 2. The van der Waals surface area contributed by atoms with Crippen molar-refractivity contribution in [2.24, 2.45) is 5.92 Å². The summed E-state index contributed by atoms with van der Waals surface area (Å²) < 4.78 is 2.00. The standard InChI is InChI=1S/C25H33N5O2/c1-17(2)27-25(32)21-10-12-29(13-11-21)16-23(31)28-24-22(14-26)18(3)19(4)30(24)15-20-8-6-5-7-9-20/h5-9,17,21H,10-13,15-16H2,1-4H3,(H,27,32)(H,28,31). The van der Waals surface area contributed by atoms with Gasteiger partial charge >= 0.3 is 0 Å². The first-order valence-electron chi connectivity index (χ1n) is 11.3. The highest BCUT2D eigenvalue weighted by Gasteiger charge is 2.27. The number of benzene rings is 1. The first kappa shape index (κ1) is 23.6. The van der Waals surface area contributed by atoms with Crippen LogP contribution in [0.5, 0.6) is 0 Å². The van der Waals surface area contributed by atoms with Crippen molar-refractivity contribution in [3.05, 3.63) is 52.7 Å². The van der Waals surface area contributed by atoms with Crippen LogP contribution in [-0.4, -0.2) is 47.0 Å². The number of rotatable bonds is 7. The third-order valence-corrected chi connectivity index (χ3v) is 6.14. The van der Waals surface area contributed by atoms with Gasteiger partial charge in [-0.05, 0) is 64.8 Å². The van der Waals surface area contributed by atoms with E-state index >= 15 is 0 Å². The maximum atomic E-state index is 12.9. The number of hydrogen-bond acceptors (Lipinski definition) is 4. The van der Waals surface area contributed by atoms with Crippen molar-refractivity contribution in [1.82, 2.24) is 14.8 Å². The molecule has 1 fully saturated rings. The fraction of sp³-hybridized carbons (Fsp3) is 0.480. The van der Waals surface area contributed by atoms with Crippen molar-refractivity contribution >= 4 is 17.6 Å². The van der Waals surface area contributed by atoms with Gasteiger partial charge in [0.2, 0.25) is 11.8 Å². The van der Waals surface area contributed by atoms with E-state index in [4.69, 9.17) is 0 Å². The van der Waals surface area contributed by atoms with Gasteiger partial charge in [0.15, 0.2) is 0 Å². The molecule has 0 radical (unpaired) electrons. The molecule has 1 aliphatic rings. The monoisotopic (exact) mass is 435 g/mol. The Morgan fingerprint density at radius 3 is 2.41 bits per heavy atom. The Kier molecular flexibility index (Phi) is 7.70. The van der Waals surface area contributed by atoms with Crippen molar-refractivity contribution in [2.75, 3.05) is 25.0 Å². The summed E-state index contributed by atoms with van der Waals surface area (Å²) in [7, 11) is 0. The molecule has 1 aliphatic heterocycles. The van der Waals surface area contributed by atoms with Gasteiger partial charge in [0.25, 0.3) is 0 Å². The van der Waals surface area contributed by atoms with Gasteiger partial charge in [0.05, 0.1) is 12.1 Å². The second-order valence-electron chi connectivity index (χ2n) is 8.88. The molecule has 0 bridgehead atoms. The summed E-state index contributed by atoms with van der Waals surface area (Å²) in [6, 6.07) is 12.4. The number of nitriles is 1. The lowest BCUT2D eigenvalue weighted by atomic mass is 9.95. The van der Waals surface area contributed by atoms with E-state index in [1.165, 1.54) is 0 Å². The van der Waals surface area contributed by atoms with Crippen LogP contribution in [0.1, 0.15) is 49.1 Å². The largest absolute Gasteiger partial charge is 0.354 e. The number of hydrogen-bond donors (Lipinski definition) is 2. The van der Waals surface area contributed by atoms with E-state index in [0.717, 1.165) is 29.7 Å². The number of aromatic nitrogens is 1. The molecule has 0 unspecified atom stereocenters. The van der Waals surface area contributed by atoms with Crippen molar-refractivity contribution in [3.63, 3.8) is 0 Å². The Morgan fingerprint density at radius 2 is 1.81 bits per heavy atom. The van der Waals surface area contributed by atoms with E-state index in [2.05, 4.69) is 21.6 Å². The zero-order valence-corrected chi connectivity index (χ0v) is 19.4. The lowest BCUT2D eigenvalue weighted by Crippen LogP contribution is -2.44. The Hall–Kier alpha value is -3.11. The number of likely N-dealkylation sites (tertiary alicyclic amines) is 1. The van der Waals surface area contributed by atoms with Crippen LogP contribution in [0.25, 0.3) is 0 Å². The van der Waals surface area contributed by atoms with Gasteiger partial charge in [0, 0.05) is 24.2 Å². The summed E-state index contributed by atoms with van der Waals surface area (Å²) >= 11 is 0. The number of nitrogens with zero attached hydrogens (tertiary/aromatic N) is 3. The lowest BCUT2D eigenvalue weighted by molar-refractivity contribution is -0.127. The van der Waals surface area contributed by atoms with E-state index in [0.29, 0.717) is 31.0 Å². The number of nitrogens with one attached hydrogen (secondary N) is 2. The Labute approximate surface area is 190 Å². The predicted octanol–water partition coefficient (Wildman–Crippen LogP) is 3.20. The molecule has 1 saturated heterocycles. The molecular weight excluding hydrogens is 402 g/mol. The molecule has 7 heteroatoms.